The highest BCUT2D eigenvalue weighted by atomic mass is 35.5. The number of hydrogen-bond acceptors (Lipinski definition) is 5. The Hall–Kier alpha value is -1.72. The fourth-order valence-corrected chi connectivity index (χ4v) is 1.81. The van der Waals surface area contributed by atoms with E-state index in [1.165, 1.54) is 0 Å². The van der Waals surface area contributed by atoms with Crippen molar-refractivity contribution in [1.29, 1.82) is 0 Å². The summed E-state index contributed by atoms with van der Waals surface area (Å²) in [5, 5.41) is 3.04. The Morgan fingerprint density at radius 1 is 1.37 bits per heavy atom. The van der Waals surface area contributed by atoms with Crippen molar-refractivity contribution in [2.75, 3.05) is 19.0 Å². The van der Waals surface area contributed by atoms with Crippen molar-refractivity contribution in [2.45, 2.75) is 13.2 Å². The first-order chi connectivity index (χ1) is 9.15. The average molecular weight is 284 g/mol. The minimum Gasteiger partial charge on any atom is -0.497 e. The van der Waals surface area contributed by atoms with E-state index < -0.39 is 12.3 Å². The monoisotopic (exact) mass is 283 g/mol. The Bertz CT molecular complexity index is 498. The largest absolute Gasteiger partial charge is 0.497 e. The molecule has 0 saturated heterocycles. The van der Waals surface area contributed by atoms with Gasteiger partial charge in [0, 0.05) is 12.3 Å². The summed E-state index contributed by atoms with van der Waals surface area (Å²) in [4.78, 5) is 11.4. The second-order valence-electron chi connectivity index (χ2n) is 3.77. The van der Waals surface area contributed by atoms with E-state index in [1.807, 2.05) is 19.1 Å². The van der Waals surface area contributed by atoms with Gasteiger partial charge in [-0.2, -0.15) is 0 Å². The van der Waals surface area contributed by atoms with Crippen molar-refractivity contribution in [3.8, 4) is 5.75 Å². The predicted octanol–water partition coefficient (Wildman–Crippen LogP) is 2.48. The molecule has 0 bridgehead atoms. The standard InChI is InChI=1S/C13H14ClNO4/c1-3-18-13-11(10(14)12(16)19-13)15-8-4-6-9(17-2)7-5-8/h4-7,13,15H,3H2,1-2H3/t13-/m0/s1. The van der Waals surface area contributed by atoms with Gasteiger partial charge in [-0.05, 0) is 31.2 Å². The number of ether oxygens (including phenoxy) is 3. The molecule has 2 rings (SSSR count). The topological polar surface area (TPSA) is 56.8 Å². The van der Waals surface area contributed by atoms with E-state index >= 15 is 0 Å². The number of halogens is 1. The fraction of sp³-hybridized carbons (Fsp3) is 0.308. The summed E-state index contributed by atoms with van der Waals surface area (Å²) in [6.45, 7) is 2.22. The van der Waals surface area contributed by atoms with Gasteiger partial charge in [0.05, 0.1) is 7.11 Å². The van der Waals surface area contributed by atoms with Crippen LogP contribution in [0.3, 0.4) is 0 Å². The average Bonchev–Trinajstić information content (AvgIpc) is 2.68. The van der Waals surface area contributed by atoms with Crippen molar-refractivity contribution >= 4 is 23.3 Å². The van der Waals surface area contributed by atoms with E-state index in [1.54, 1.807) is 19.2 Å². The minimum atomic E-state index is -0.785. The Kier molecular flexibility index (Phi) is 4.29. The van der Waals surface area contributed by atoms with Gasteiger partial charge in [0.1, 0.15) is 11.4 Å². The lowest BCUT2D eigenvalue weighted by atomic mass is 10.3. The molecule has 6 heteroatoms. The van der Waals surface area contributed by atoms with Crippen LogP contribution in [0.4, 0.5) is 5.69 Å². The van der Waals surface area contributed by atoms with Crippen LogP contribution in [0, 0.1) is 0 Å². The molecule has 102 valence electrons. The second kappa shape index (κ2) is 5.95. The normalized spacial score (nSPS) is 18.5. The molecule has 0 amide bonds. The quantitative estimate of drug-likeness (QED) is 0.841. The SMILES string of the molecule is CCO[C@H]1OC(=O)C(Cl)=C1Nc1ccc(OC)cc1. The molecular formula is C13H14ClNO4. The van der Waals surface area contributed by atoms with Gasteiger partial charge in [-0.25, -0.2) is 4.79 Å². The zero-order valence-corrected chi connectivity index (χ0v) is 11.4. The third-order valence-corrected chi connectivity index (χ3v) is 2.91. The van der Waals surface area contributed by atoms with Gasteiger partial charge in [0.25, 0.3) is 0 Å². The van der Waals surface area contributed by atoms with E-state index in [4.69, 9.17) is 25.8 Å². The van der Waals surface area contributed by atoms with Crippen LogP contribution in [-0.2, 0) is 14.3 Å². The summed E-state index contributed by atoms with van der Waals surface area (Å²) in [7, 11) is 1.59. The van der Waals surface area contributed by atoms with Gasteiger partial charge >= 0.3 is 5.97 Å². The summed E-state index contributed by atoms with van der Waals surface area (Å²) in [6.07, 6.45) is -0.785. The zero-order valence-electron chi connectivity index (χ0n) is 10.6. The highest BCUT2D eigenvalue weighted by Gasteiger charge is 2.34. The van der Waals surface area contributed by atoms with Crippen LogP contribution in [0.25, 0.3) is 0 Å². The van der Waals surface area contributed by atoms with Crippen molar-refractivity contribution in [2.24, 2.45) is 0 Å². The van der Waals surface area contributed by atoms with Crippen molar-refractivity contribution in [3.05, 3.63) is 35.0 Å². The number of methoxy groups -OCH3 is 1. The molecular weight excluding hydrogens is 270 g/mol. The highest BCUT2D eigenvalue weighted by Crippen LogP contribution is 2.28. The maximum absolute atomic E-state index is 11.4. The Labute approximate surface area is 116 Å². The van der Waals surface area contributed by atoms with Crippen LogP contribution < -0.4 is 10.1 Å². The van der Waals surface area contributed by atoms with Crippen LogP contribution in [0.1, 0.15) is 6.92 Å². The van der Waals surface area contributed by atoms with E-state index in [0.717, 1.165) is 11.4 Å². The molecule has 1 aliphatic rings. The molecule has 5 nitrogen and oxygen atoms in total. The van der Waals surface area contributed by atoms with Crippen molar-refractivity contribution in [1.82, 2.24) is 0 Å². The summed E-state index contributed by atoms with van der Waals surface area (Å²) in [5.74, 6) is 0.155. The van der Waals surface area contributed by atoms with Gasteiger partial charge in [-0.3, -0.25) is 0 Å². The summed E-state index contributed by atoms with van der Waals surface area (Å²) in [5.41, 5.74) is 1.18. The van der Waals surface area contributed by atoms with Gasteiger partial charge in [0.2, 0.25) is 6.29 Å². The molecule has 0 spiro atoms. The van der Waals surface area contributed by atoms with Crippen LogP contribution in [-0.4, -0.2) is 26.0 Å². The lowest BCUT2D eigenvalue weighted by Gasteiger charge is -2.15. The molecule has 0 aromatic heterocycles. The summed E-state index contributed by atoms with van der Waals surface area (Å²) >= 11 is 5.91. The van der Waals surface area contributed by atoms with E-state index in [-0.39, 0.29) is 5.03 Å². The molecule has 0 fully saturated rings. The zero-order chi connectivity index (χ0) is 13.8. The molecule has 1 aromatic carbocycles. The van der Waals surface area contributed by atoms with Crippen molar-refractivity contribution in [3.63, 3.8) is 0 Å². The lowest BCUT2D eigenvalue weighted by molar-refractivity contribution is -0.158. The van der Waals surface area contributed by atoms with Crippen LogP contribution in [0.5, 0.6) is 5.75 Å². The number of anilines is 1. The third-order valence-electron chi connectivity index (χ3n) is 2.55. The van der Waals surface area contributed by atoms with Gasteiger partial charge in [0.15, 0.2) is 5.03 Å². The number of cyclic esters (lactones) is 1. The number of nitrogens with one attached hydrogen (secondary N) is 1. The van der Waals surface area contributed by atoms with Crippen LogP contribution >= 0.6 is 11.6 Å². The first kappa shape index (κ1) is 13.7. The van der Waals surface area contributed by atoms with Crippen LogP contribution in [0.2, 0.25) is 0 Å². The molecule has 1 N–H and O–H groups in total. The second-order valence-corrected chi connectivity index (χ2v) is 4.15. The maximum atomic E-state index is 11.4. The van der Waals surface area contributed by atoms with E-state index in [0.29, 0.717) is 12.3 Å². The van der Waals surface area contributed by atoms with Gasteiger partial charge in [-0.1, -0.05) is 11.6 Å². The summed E-state index contributed by atoms with van der Waals surface area (Å²) < 4.78 is 15.4. The molecule has 1 aliphatic heterocycles. The Balaban J connectivity index is 2.17. The fourth-order valence-electron chi connectivity index (χ4n) is 1.63. The molecule has 1 heterocycles. The molecule has 1 atom stereocenters. The maximum Gasteiger partial charge on any atom is 0.354 e. The summed E-state index contributed by atoms with van der Waals surface area (Å²) in [6, 6.07) is 7.21. The van der Waals surface area contributed by atoms with E-state index in [2.05, 4.69) is 5.32 Å². The van der Waals surface area contributed by atoms with Crippen molar-refractivity contribution < 1.29 is 19.0 Å². The number of benzene rings is 1. The predicted molar refractivity (Wildman–Crippen MR) is 71.0 cm³/mol. The van der Waals surface area contributed by atoms with Gasteiger partial charge in [-0.15, -0.1) is 0 Å². The lowest BCUT2D eigenvalue weighted by Crippen LogP contribution is -2.20. The smallest absolute Gasteiger partial charge is 0.354 e. The van der Waals surface area contributed by atoms with Gasteiger partial charge < -0.3 is 19.5 Å². The molecule has 1 aromatic rings. The molecule has 0 saturated carbocycles. The first-order valence-electron chi connectivity index (χ1n) is 5.79. The highest BCUT2D eigenvalue weighted by molar-refractivity contribution is 6.42. The Morgan fingerprint density at radius 2 is 2.05 bits per heavy atom. The number of carbonyl (C=O) groups excluding carboxylic acids is 1. The molecule has 0 aliphatic carbocycles. The Morgan fingerprint density at radius 3 is 2.63 bits per heavy atom. The number of esters is 1. The number of carbonyl (C=O) groups is 1. The van der Waals surface area contributed by atoms with E-state index in [9.17, 15) is 4.79 Å². The number of hydrogen-bond donors (Lipinski definition) is 1. The minimum absolute atomic E-state index is 0.00858. The number of rotatable bonds is 5. The van der Waals surface area contributed by atoms with Crippen LogP contribution in [0.15, 0.2) is 35.0 Å². The first-order valence-corrected chi connectivity index (χ1v) is 6.16. The third kappa shape index (κ3) is 3.00. The molecule has 0 unspecified atom stereocenters. The molecule has 0 radical (unpaired) electrons. The molecule has 19 heavy (non-hydrogen) atoms.